The van der Waals surface area contributed by atoms with Crippen molar-refractivity contribution in [2.24, 2.45) is 0 Å². The largest absolute Gasteiger partial charge is 0.472 e. The molecular weight excluding hydrogens is 607 g/mol. The van der Waals surface area contributed by atoms with Crippen molar-refractivity contribution < 1.29 is 43.0 Å². The number of unbranched alkanes of at least 4 members (excludes halogenated alkanes) is 17. The van der Waals surface area contributed by atoms with E-state index < -0.39 is 33.2 Å². The highest BCUT2D eigenvalue weighted by atomic mass is 31.2. The molecule has 9 nitrogen and oxygen atoms in total. The minimum absolute atomic E-state index is 0.0448. The maximum absolute atomic E-state index is 12.5. The molecule has 3 atom stereocenters. The maximum Gasteiger partial charge on any atom is 0.472 e. The van der Waals surface area contributed by atoms with Crippen LogP contribution in [0.3, 0.4) is 0 Å². The number of hydrogen-bond donors (Lipinski definition) is 3. The van der Waals surface area contributed by atoms with Crippen molar-refractivity contribution in [3.63, 3.8) is 0 Å². The summed E-state index contributed by atoms with van der Waals surface area (Å²) in [5.74, 6) is -0.389. The predicted molar refractivity (Wildman–Crippen MR) is 187 cm³/mol. The Kier molecular flexibility index (Phi) is 33.0. The van der Waals surface area contributed by atoms with Gasteiger partial charge in [-0.15, -0.1) is 0 Å². The van der Waals surface area contributed by atoms with Crippen LogP contribution in [0.2, 0.25) is 0 Å². The second-order valence-corrected chi connectivity index (χ2v) is 13.7. The molecule has 0 aromatic carbocycles. The van der Waals surface area contributed by atoms with E-state index in [0.29, 0.717) is 6.61 Å². The van der Waals surface area contributed by atoms with E-state index in [2.05, 4.69) is 38.2 Å². The smallest absolute Gasteiger partial charge is 0.457 e. The van der Waals surface area contributed by atoms with Gasteiger partial charge in [0.1, 0.15) is 12.2 Å². The van der Waals surface area contributed by atoms with Crippen LogP contribution in [0.1, 0.15) is 155 Å². The first kappa shape index (κ1) is 44.9. The lowest BCUT2D eigenvalue weighted by Gasteiger charge is -2.20. The second kappa shape index (κ2) is 33.8. The molecular formula is C36H69O9P. The molecule has 0 amide bonds. The Hall–Kier alpha value is -1.06. The summed E-state index contributed by atoms with van der Waals surface area (Å²) in [5.41, 5.74) is 0. The topological polar surface area (TPSA) is 132 Å². The van der Waals surface area contributed by atoms with Crippen molar-refractivity contribution >= 4 is 13.8 Å². The SMILES string of the molecule is CCCC/C=C\C/C=C\CCCCCCCCOCC(COP(=O)(O)OCC(O)CO)OC(=O)CCCCCCCCCCCC. The zero-order chi connectivity index (χ0) is 34.0. The minimum Gasteiger partial charge on any atom is -0.457 e. The van der Waals surface area contributed by atoms with Crippen molar-refractivity contribution in [3.05, 3.63) is 24.3 Å². The first-order valence-electron chi connectivity index (χ1n) is 18.3. The van der Waals surface area contributed by atoms with Gasteiger partial charge in [-0.25, -0.2) is 4.57 Å². The van der Waals surface area contributed by atoms with Gasteiger partial charge in [0, 0.05) is 13.0 Å². The fourth-order valence-corrected chi connectivity index (χ4v) is 5.57. The van der Waals surface area contributed by atoms with E-state index in [1.54, 1.807) is 0 Å². The van der Waals surface area contributed by atoms with Crippen LogP contribution in [0, 0.1) is 0 Å². The Bertz CT molecular complexity index is 775. The summed E-state index contributed by atoms with van der Waals surface area (Å²) in [5, 5.41) is 18.2. The normalized spacial score (nSPS) is 14.6. The molecule has 0 saturated heterocycles. The van der Waals surface area contributed by atoms with Crippen molar-refractivity contribution in [2.75, 3.05) is 33.0 Å². The van der Waals surface area contributed by atoms with E-state index in [9.17, 15) is 19.4 Å². The third-order valence-corrected chi connectivity index (χ3v) is 8.59. The highest BCUT2D eigenvalue weighted by Gasteiger charge is 2.26. The molecule has 0 fully saturated rings. The molecule has 0 spiro atoms. The molecule has 10 heteroatoms. The van der Waals surface area contributed by atoms with Gasteiger partial charge in [0.25, 0.3) is 0 Å². The Morgan fingerprint density at radius 2 is 1.20 bits per heavy atom. The van der Waals surface area contributed by atoms with Crippen LogP contribution in [-0.2, 0) is 27.9 Å². The van der Waals surface area contributed by atoms with E-state index in [-0.39, 0.29) is 25.6 Å². The number of esters is 1. The summed E-state index contributed by atoms with van der Waals surface area (Å²) < 4.78 is 33.1. The summed E-state index contributed by atoms with van der Waals surface area (Å²) in [7, 11) is -4.51. The molecule has 3 N–H and O–H groups in total. The molecule has 0 bridgehead atoms. The number of allylic oxidation sites excluding steroid dienone is 4. The van der Waals surface area contributed by atoms with Crippen LogP contribution in [0.15, 0.2) is 24.3 Å². The number of carbonyl (C=O) groups is 1. The van der Waals surface area contributed by atoms with Crippen LogP contribution < -0.4 is 0 Å². The van der Waals surface area contributed by atoms with E-state index in [0.717, 1.165) is 51.4 Å². The van der Waals surface area contributed by atoms with Crippen LogP contribution in [0.5, 0.6) is 0 Å². The highest BCUT2D eigenvalue weighted by molar-refractivity contribution is 7.47. The maximum atomic E-state index is 12.5. The predicted octanol–water partition coefficient (Wildman–Crippen LogP) is 9.14. The van der Waals surface area contributed by atoms with Crippen molar-refractivity contribution in [1.82, 2.24) is 0 Å². The van der Waals surface area contributed by atoms with Gasteiger partial charge >= 0.3 is 13.8 Å². The quantitative estimate of drug-likeness (QED) is 0.0260. The highest BCUT2D eigenvalue weighted by Crippen LogP contribution is 2.43. The first-order valence-corrected chi connectivity index (χ1v) is 19.8. The molecule has 0 aromatic rings. The summed E-state index contributed by atoms with van der Waals surface area (Å²) in [6.45, 7) is 3.43. The zero-order valence-electron chi connectivity index (χ0n) is 29.3. The minimum atomic E-state index is -4.51. The third kappa shape index (κ3) is 32.9. The summed E-state index contributed by atoms with van der Waals surface area (Å²) >= 11 is 0. The van der Waals surface area contributed by atoms with E-state index in [1.807, 2.05) is 0 Å². The summed E-state index contributed by atoms with van der Waals surface area (Å²) in [6, 6.07) is 0. The molecule has 0 aliphatic rings. The standard InChI is InChI=1S/C36H69O9P/c1-3-5-7-9-11-13-15-16-17-18-19-21-23-25-27-29-42-32-35(33-44-46(40,41)43-31-34(38)30-37)45-36(39)28-26-24-22-20-14-12-10-8-6-4-2/h9,11,15-16,34-35,37-38H,3-8,10,12-14,17-33H2,1-2H3,(H,40,41)/b11-9-,16-15-. The van der Waals surface area contributed by atoms with E-state index >= 15 is 0 Å². The molecule has 0 aliphatic heterocycles. The van der Waals surface area contributed by atoms with Crippen LogP contribution in [0.4, 0.5) is 0 Å². The molecule has 0 aromatic heterocycles. The number of aliphatic hydroxyl groups excluding tert-OH is 2. The molecule has 0 saturated carbocycles. The number of phosphoric acid groups is 1. The lowest BCUT2D eigenvalue weighted by molar-refractivity contribution is -0.154. The molecule has 0 heterocycles. The van der Waals surface area contributed by atoms with Gasteiger partial charge in [0.05, 0.1) is 26.4 Å². The Balaban J connectivity index is 4.24. The van der Waals surface area contributed by atoms with Crippen molar-refractivity contribution in [2.45, 2.75) is 167 Å². The fourth-order valence-electron chi connectivity index (χ4n) is 4.78. The van der Waals surface area contributed by atoms with Gasteiger partial charge in [-0.3, -0.25) is 13.8 Å². The zero-order valence-corrected chi connectivity index (χ0v) is 30.2. The van der Waals surface area contributed by atoms with Crippen molar-refractivity contribution in [3.8, 4) is 0 Å². The van der Waals surface area contributed by atoms with Gasteiger partial charge < -0.3 is 24.6 Å². The lowest BCUT2D eigenvalue weighted by atomic mass is 10.1. The number of hydrogen-bond acceptors (Lipinski definition) is 8. The van der Waals surface area contributed by atoms with Gasteiger partial charge in [-0.05, 0) is 38.5 Å². The number of phosphoric ester groups is 1. The lowest BCUT2D eigenvalue weighted by Crippen LogP contribution is -2.29. The van der Waals surface area contributed by atoms with Crippen LogP contribution in [0.25, 0.3) is 0 Å². The Morgan fingerprint density at radius 3 is 1.80 bits per heavy atom. The molecule has 0 aliphatic carbocycles. The molecule has 46 heavy (non-hydrogen) atoms. The van der Waals surface area contributed by atoms with Crippen LogP contribution in [-0.4, -0.2) is 66.3 Å². The van der Waals surface area contributed by atoms with E-state index in [4.69, 9.17) is 23.6 Å². The van der Waals surface area contributed by atoms with Crippen molar-refractivity contribution in [1.29, 1.82) is 0 Å². The van der Waals surface area contributed by atoms with Gasteiger partial charge in [0.15, 0.2) is 0 Å². The number of rotatable bonds is 35. The monoisotopic (exact) mass is 676 g/mol. The van der Waals surface area contributed by atoms with Crippen LogP contribution >= 0.6 is 7.82 Å². The van der Waals surface area contributed by atoms with Gasteiger partial charge in [0.2, 0.25) is 0 Å². The van der Waals surface area contributed by atoms with E-state index in [1.165, 1.54) is 83.5 Å². The fraction of sp³-hybridized carbons (Fsp3) is 0.861. The second-order valence-electron chi connectivity index (χ2n) is 12.2. The van der Waals surface area contributed by atoms with Gasteiger partial charge in [-0.2, -0.15) is 0 Å². The number of ether oxygens (including phenoxy) is 2. The summed E-state index contributed by atoms with van der Waals surface area (Å²) in [6.07, 6.45) is 31.3. The molecule has 3 unspecified atom stereocenters. The molecule has 0 radical (unpaired) electrons. The number of aliphatic hydroxyl groups is 2. The average molecular weight is 677 g/mol. The first-order chi connectivity index (χ1) is 22.3. The average Bonchev–Trinajstić information content (AvgIpc) is 3.04. The molecule has 0 rings (SSSR count). The Morgan fingerprint density at radius 1 is 0.674 bits per heavy atom. The third-order valence-electron chi connectivity index (χ3n) is 7.64. The number of carbonyl (C=O) groups excluding carboxylic acids is 1. The summed E-state index contributed by atoms with van der Waals surface area (Å²) in [4.78, 5) is 22.4. The Labute approximate surface area is 281 Å². The molecule has 272 valence electrons. The van der Waals surface area contributed by atoms with Gasteiger partial charge in [-0.1, -0.05) is 134 Å².